The highest BCUT2D eigenvalue weighted by Crippen LogP contribution is 2.38. The first-order chi connectivity index (χ1) is 6.24. The summed E-state index contributed by atoms with van der Waals surface area (Å²) in [7, 11) is 0. The summed E-state index contributed by atoms with van der Waals surface area (Å²) < 4.78 is 10.5. The lowest BCUT2D eigenvalue weighted by atomic mass is 9.85. The normalized spacial score (nSPS) is 39.3. The summed E-state index contributed by atoms with van der Waals surface area (Å²) in [5.74, 6) is -0.416. The first kappa shape index (κ1) is 11.8. The largest absolute Gasteiger partial charge is 0.466 e. The van der Waals surface area contributed by atoms with Gasteiger partial charge in [0.15, 0.2) is 0 Å². The molecule has 5 heteroatoms. The van der Waals surface area contributed by atoms with Gasteiger partial charge in [-0.25, -0.2) is 0 Å². The Morgan fingerprint density at radius 2 is 2.14 bits per heavy atom. The second-order valence-corrected chi connectivity index (χ2v) is 3.65. The third kappa shape index (κ3) is 1.74. The molecule has 2 rings (SSSR count). The van der Waals surface area contributed by atoms with Crippen LogP contribution in [0.5, 0.6) is 0 Å². The average Bonchev–Trinajstić information content (AvgIpc) is 2.63. The zero-order chi connectivity index (χ0) is 9.42. The highest BCUT2D eigenvalue weighted by molar-refractivity contribution is 5.85. The van der Waals surface area contributed by atoms with Gasteiger partial charge in [-0.3, -0.25) is 4.79 Å². The first-order valence-electron chi connectivity index (χ1n) is 4.81. The monoisotopic (exact) mass is 221 g/mol. The molecule has 2 heterocycles. The lowest BCUT2D eigenvalue weighted by Crippen LogP contribution is -2.44. The van der Waals surface area contributed by atoms with Crippen LogP contribution in [0.2, 0.25) is 0 Å². The summed E-state index contributed by atoms with van der Waals surface area (Å²) >= 11 is 0. The molecule has 0 saturated carbocycles. The van der Waals surface area contributed by atoms with Crippen LogP contribution < -0.4 is 5.73 Å². The Hall–Kier alpha value is -0.320. The summed E-state index contributed by atoms with van der Waals surface area (Å²) in [6.07, 6.45) is 2.03. The molecule has 2 fully saturated rings. The zero-order valence-corrected chi connectivity index (χ0v) is 8.96. The van der Waals surface area contributed by atoms with Crippen LogP contribution in [0.25, 0.3) is 0 Å². The number of halogens is 1. The van der Waals surface area contributed by atoms with E-state index in [4.69, 9.17) is 15.2 Å². The second-order valence-electron chi connectivity index (χ2n) is 3.65. The lowest BCUT2D eigenvalue weighted by Gasteiger charge is -2.22. The van der Waals surface area contributed by atoms with E-state index in [-0.39, 0.29) is 42.5 Å². The Labute approximate surface area is 89.5 Å². The van der Waals surface area contributed by atoms with E-state index in [1.165, 1.54) is 0 Å². The van der Waals surface area contributed by atoms with Crippen molar-refractivity contribution in [2.75, 3.05) is 6.61 Å². The number of nitrogens with two attached hydrogens (primary N) is 1. The van der Waals surface area contributed by atoms with E-state index >= 15 is 0 Å². The van der Waals surface area contributed by atoms with Crippen LogP contribution in [0.4, 0.5) is 0 Å². The molecule has 2 bridgehead atoms. The fourth-order valence-corrected chi connectivity index (χ4v) is 2.26. The number of fused-ring (bicyclic) bond motifs is 2. The molecule has 4 atom stereocenters. The van der Waals surface area contributed by atoms with E-state index in [1.807, 2.05) is 0 Å². The van der Waals surface area contributed by atoms with Gasteiger partial charge in [-0.1, -0.05) is 0 Å². The van der Waals surface area contributed by atoms with Crippen molar-refractivity contribution in [2.24, 2.45) is 11.7 Å². The molecule has 2 N–H and O–H groups in total. The van der Waals surface area contributed by atoms with E-state index in [0.29, 0.717) is 6.61 Å². The Balaban J connectivity index is 0.000000980. The van der Waals surface area contributed by atoms with Gasteiger partial charge in [0.1, 0.15) is 5.92 Å². The summed E-state index contributed by atoms with van der Waals surface area (Å²) in [6.45, 7) is 2.22. The maximum atomic E-state index is 11.5. The van der Waals surface area contributed by atoms with Gasteiger partial charge < -0.3 is 15.2 Å². The van der Waals surface area contributed by atoms with Crippen molar-refractivity contribution >= 4 is 18.4 Å². The predicted octanol–water partition coefficient (Wildman–Crippen LogP) is 0.476. The topological polar surface area (TPSA) is 61.5 Å². The maximum Gasteiger partial charge on any atom is 0.313 e. The number of hydrogen-bond acceptors (Lipinski definition) is 4. The van der Waals surface area contributed by atoms with Gasteiger partial charge >= 0.3 is 5.97 Å². The number of hydrogen-bond donors (Lipinski definition) is 1. The van der Waals surface area contributed by atoms with Crippen LogP contribution in [0.1, 0.15) is 19.8 Å². The Morgan fingerprint density at radius 1 is 1.50 bits per heavy atom. The molecular formula is C9H16ClNO3. The van der Waals surface area contributed by atoms with Crippen molar-refractivity contribution < 1.29 is 14.3 Å². The fourth-order valence-electron chi connectivity index (χ4n) is 2.26. The van der Waals surface area contributed by atoms with Gasteiger partial charge in [0, 0.05) is 6.04 Å². The van der Waals surface area contributed by atoms with E-state index in [2.05, 4.69) is 0 Å². The molecule has 82 valence electrons. The van der Waals surface area contributed by atoms with E-state index < -0.39 is 0 Å². The van der Waals surface area contributed by atoms with Crippen LogP contribution >= 0.6 is 12.4 Å². The molecular weight excluding hydrogens is 206 g/mol. The molecule has 4 nitrogen and oxygen atoms in total. The molecule has 0 aliphatic carbocycles. The third-order valence-corrected chi connectivity index (χ3v) is 2.89. The highest BCUT2D eigenvalue weighted by atomic mass is 35.5. The minimum absolute atomic E-state index is 0. The molecule has 14 heavy (non-hydrogen) atoms. The molecule has 2 aliphatic heterocycles. The minimum Gasteiger partial charge on any atom is -0.466 e. The van der Waals surface area contributed by atoms with Gasteiger partial charge in [0.2, 0.25) is 0 Å². The van der Waals surface area contributed by atoms with Crippen LogP contribution in [0.15, 0.2) is 0 Å². The van der Waals surface area contributed by atoms with Gasteiger partial charge in [0.05, 0.1) is 18.8 Å². The van der Waals surface area contributed by atoms with E-state index in [1.54, 1.807) is 6.92 Å². The first-order valence-corrected chi connectivity index (χ1v) is 4.81. The summed E-state index contributed by atoms with van der Waals surface area (Å²) in [5, 5.41) is 0. The Kier molecular flexibility index (Phi) is 3.75. The van der Waals surface area contributed by atoms with Gasteiger partial charge in [-0.15, -0.1) is 12.4 Å². The quantitative estimate of drug-likeness (QED) is 0.689. The van der Waals surface area contributed by atoms with Crippen LogP contribution in [-0.2, 0) is 14.3 Å². The number of esters is 1. The molecule has 2 saturated heterocycles. The predicted molar refractivity (Wildman–Crippen MR) is 53.2 cm³/mol. The zero-order valence-electron chi connectivity index (χ0n) is 8.14. The number of carbonyl (C=O) groups excluding carboxylic acids is 1. The van der Waals surface area contributed by atoms with Crippen LogP contribution in [0.3, 0.4) is 0 Å². The van der Waals surface area contributed by atoms with Gasteiger partial charge in [-0.2, -0.15) is 0 Å². The van der Waals surface area contributed by atoms with Gasteiger partial charge in [-0.05, 0) is 19.8 Å². The van der Waals surface area contributed by atoms with Crippen molar-refractivity contribution in [3.63, 3.8) is 0 Å². The van der Waals surface area contributed by atoms with Crippen molar-refractivity contribution in [3.8, 4) is 0 Å². The van der Waals surface area contributed by atoms with Crippen molar-refractivity contribution in [3.05, 3.63) is 0 Å². The SMILES string of the molecule is CCOC(=O)[C@H]1[C@@H](N)[C@@H]2CC[C@H]1O2.Cl. The van der Waals surface area contributed by atoms with Gasteiger partial charge in [0.25, 0.3) is 0 Å². The van der Waals surface area contributed by atoms with Crippen LogP contribution in [-0.4, -0.2) is 30.8 Å². The molecule has 0 aromatic carbocycles. The minimum atomic E-state index is -0.223. The summed E-state index contributed by atoms with van der Waals surface area (Å²) in [6, 6.07) is -0.155. The number of rotatable bonds is 2. The number of ether oxygens (including phenoxy) is 2. The molecule has 0 amide bonds. The molecule has 0 unspecified atom stereocenters. The fraction of sp³-hybridized carbons (Fsp3) is 0.889. The lowest BCUT2D eigenvalue weighted by molar-refractivity contribution is -0.150. The molecule has 2 aliphatic rings. The Morgan fingerprint density at radius 3 is 2.64 bits per heavy atom. The second kappa shape index (κ2) is 4.47. The van der Waals surface area contributed by atoms with Crippen LogP contribution in [0, 0.1) is 5.92 Å². The molecule has 0 radical (unpaired) electrons. The Bertz CT molecular complexity index is 222. The smallest absolute Gasteiger partial charge is 0.313 e. The standard InChI is InChI=1S/C9H15NO3.ClH/c1-2-12-9(11)7-5-3-4-6(13-5)8(7)10;/h5-8H,2-4,10H2,1H3;1H/t5-,6+,7-,8+;/m1./s1. The molecule has 0 aromatic rings. The molecule has 0 aromatic heterocycles. The van der Waals surface area contributed by atoms with E-state index in [9.17, 15) is 4.79 Å². The highest BCUT2D eigenvalue weighted by Gasteiger charge is 2.51. The number of carbonyl (C=O) groups is 1. The van der Waals surface area contributed by atoms with Crippen molar-refractivity contribution in [1.82, 2.24) is 0 Å². The van der Waals surface area contributed by atoms with Crippen molar-refractivity contribution in [1.29, 1.82) is 0 Å². The maximum absolute atomic E-state index is 11.5. The molecule has 0 spiro atoms. The third-order valence-electron chi connectivity index (χ3n) is 2.89. The average molecular weight is 222 g/mol. The van der Waals surface area contributed by atoms with E-state index in [0.717, 1.165) is 12.8 Å². The summed E-state index contributed by atoms with van der Waals surface area (Å²) in [5.41, 5.74) is 5.87. The van der Waals surface area contributed by atoms with Crippen molar-refractivity contribution in [2.45, 2.75) is 38.0 Å². The summed E-state index contributed by atoms with van der Waals surface area (Å²) in [4.78, 5) is 11.5.